The molecule has 0 aliphatic heterocycles. The summed E-state index contributed by atoms with van der Waals surface area (Å²) in [7, 11) is 0. The Balaban J connectivity index is 2.03. The molecule has 0 saturated heterocycles. The van der Waals surface area contributed by atoms with Crippen LogP contribution < -0.4 is 4.74 Å². The molecule has 0 saturated carbocycles. The van der Waals surface area contributed by atoms with Crippen molar-refractivity contribution in [2.24, 2.45) is 5.92 Å². The second-order valence-corrected chi connectivity index (χ2v) is 5.28. The van der Waals surface area contributed by atoms with Crippen molar-refractivity contribution in [3.8, 4) is 5.75 Å². The molecule has 1 N–H and O–H groups in total. The van der Waals surface area contributed by atoms with Gasteiger partial charge >= 0.3 is 5.97 Å². The first-order valence-electron chi connectivity index (χ1n) is 6.74. The number of aliphatic carboxylic acids is 1. The van der Waals surface area contributed by atoms with Crippen molar-refractivity contribution in [3.63, 3.8) is 0 Å². The van der Waals surface area contributed by atoms with Crippen LogP contribution >= 0.6 is 0 Å². The summed E-state index contributed by atoms with van der Waals surface area (Å²) in [4.78, 5) is 10.7. The average Bonchev–Trinajstić information content (AvgIpc) is 2.80. The fraction of sp³-hybridized carbons (Fsp3) is 0.438. The highest BCUT2D eigenvalue weighted by atomic mass is 16.5. The zero-order valence-corrected chi connectivity index (χ0v) is 11.5. The summed E-state index contributed by atoms with van der Waals surface area (Å²) in [5.41, 5.74) is 3.58. The van der Waals surface area contributed by atoms with Gasteiger partial charge in [-0.15, -0.1) is 0 Å². The third kappa shape index (κ3) is 3.60. The maximum atomic E-state index is 10.7. The van der Waals surface area contributed by atoms with Crippen LogP contribution in [0.4, 0.5) is 0 Å². The number of ether oxygens (including phenoxy) is 1. The van der Waals surface area contributed by atoms with E-state index in [-0.39, 0.29) is 5.92 Å². The highest BCUT2D eigenvalue weighted by Gasteiger charge is 2.12. The predicted molar refractivity (Wildman–Crippen MR) is 74.5 cm³/mol. The van der Waals surface area contributed by atoms with Crippen molar-refractivity contribution in [2.45, 2.75) is 33.1 Å². The molecule has 3 nitrogen and oxygen atoms in total. The normalized spacial score (nSPS) is 14.6. The molecular weight excluding hydrogens is 240 g/mol. The molecular formula is C16H20O3. The molecule has 3 heteroatoms. The third-order valence-electron chi connectivity index (χ3n) is 3.53. The molecule has 1 aliphatic carbocycles. The van der Waals surface area contributed by atoms with Crippen molar-refractivity contribution in [1.82, 2.24) is 0 Å². The van der Waals surface area contributed by atoms with E-state index < -0.39 is 5.97 Å². The Morgan fingerprint density at radius 2 is 2.11 bits per heavy atom. The molecule has 19 heavy (non-hydrogen) atoms. The number of hydrogen-bond acceptors (Lipinski definition) is 2. The summed E-state index contributed by atoms with van der Waals surface area (Å²) in [6.07, 6.45) is 4.74. The lowest BCUT2D eigenvalue weighted by Gasteiger charge is -2.13. The average molecular weight is 260 g/mol. The molecule has 0 amide bonds. The Labute approximate surface area is 113 Å². The molecule has 0 unspecified atom stereocenters. The van der Waals surface area contributed by atoms with Crippen molar-refractivity contribution < 1.29 is 14.6 Å². The molecule has 0 radical (unpaired) electrons. The fourth-order valence-electron chi connectivity index (χ4n) is 2.34. The van der Waals surface area contributed by atoms with Gasteiger partial charge in [0.1, 0.15) is 12.4 Å². The highest BCUT2D eigenvalue weighted by molar-refractivity contribution is 5.80. The highest BCUT2D eigenvalue weighted by Crippen LogP contribution is 2.26. The molecule has 2 rings (SSSR count). The van der Waals surface area contributed by atoms with Gasteiger partial charge in [0.05, 0.1) is 0 Å². The Hall–Kier alpha value is -1.77. The van der Waals surface area contributed by atoms with E-state index in [1.54, 1.807) is 0 Å². The smallest absolute Gasteiger partial charge is 0.328 e. The van der Waals surface area contributed by atoms with Gasteiger partial charge in [-0.2, -0.15) is 0 Å². The van der Waals surface area contributed by atoms with Gasteiger partial charge in [-0.25, -0.2) is 4.79 Å². The van der Waals surface area contributed by atoms with Crippen LogP contribution in [0.2, 0.25) is 0 Å². The van der Waals surface area contributed by atoms with E-state index in [0.717, 1.165) is 24.2 Å². The van der Waals surface area contributed by atoms with Crippen molar-refractivity contribution in [3.05, 3.63) is 41.0 Å². The quantitative estimate of drug-likeness (QED) is 0.827. The second kappa shape index (κ2) is 5.91. The summed E-state index contributed by atoms with van der Waals surface area (Å²) >= 11 is 0. The number of carboxylic acids is 1. The second-order valence-electron chi connectivity index (χ2n) is 5.28. The Morgan fingerprint density at radius 1 is 1.37 bits per heavy atom. The molecule has 0 aromatic heterocycles. The van der Waals surface area contributed by atoms with Gasteiger partial charge in [-0.1, -0.05) is 19.9 Å². The van der Waals surface area contributed by atoms with E-state index in [1.165, 1.54) is 23.6 Å². The molecule has 0 bridgehead atoms. The van der Waals surface area contributed by atoms with Crippen LogP contribution in [0.3, 0.4) is 0 Å². The predicted octanol–water partition coefficient (Wildman–Crippen LogP) is 3.22. The number of benzene rings is 1. The van der Waals surface area contributed by atoms with Gasteiger partial charge in [0.25, 0.3) is 0 Å². The van der Waals surface area contributed by atoms with Crippen LogP contribution in [0, 0.1) is 5.92 Å². The van der Waals surface area contributed by atoms with Crippen LogP contribution in [0.5, 0.6) is 5.75 Å². The van der Waals surface area contributed by atoms with E-state index >= 15 is 0 Å². The Bertz CT molecular complexity index is 501. The first-order valence-corrected chi connectivity index (χ1v) is 6.74. The van der Waals surface area contributed by atoms with Gasteiger partial charge in [0, 0.05) is 6.08 Å². The lowest BCUT2D eigenvalue weighted by atomic mass is 10.0. The molecule has 1 aromatic rings. The van der Waals surface area contributed by atoms with Crippen LogP contribution in [0.25, 0.3) is 0 Å². The first kappa shape index (κ1) is 13.7. The maximum absolute atomic E-state index is 10.7. The van der Waals surface area contributed by atoms with Gasteiger partial charge in [0.15, 0.2) is 0 Å². The van der Waals surface area contributed by atoms with Gasteiger partial charge in [0.2, 0.25) is 0 Å². The Kier molecular flexibility index (Phi) is 4.25. The third-order valence-corrected chi connectivity index (χ3v) is 3.53. The first-order chi connectivity index (χ1) is 9.06. The van der Waals surface area contributed by atoms with Crippen molar-refractivity contribution in [2.75, 3.05) is 6.61 Å². The summed E-state index contributed by atoms with van der Waals surface area (Å²) in [6, 6.07) is 6.18. The number of carboxylic acid groups (broad SMARTS) is 1. The van der Waals surface area contributed by atoms with Gasteiger partial charge in [-0.05, 0) is 54.0 Å². The summed E-state index contributed by atoms with van der Waals surface area (Å²) in [6.45, 7) is 4.28. The topological polar surface area (TPSA) is 46.5 Å². The van der Waals surface area contributed by atoms with E-state index in [4.69, 9.17) is 9.84 Å². The lowest BCUT2D eigenvalue weighted by Crippen LogP contribution is -2.09. The minimum absolute atomic E-state index is 0.172. The van der Waals surface area contributed by atoms with Crippen LogP contribution in [-0.4, -0.2) is 17.7 Å². The zero-order chi connectivity index (χ0) is 13.8. The van der Waals surface area contributed by atoms with E-state index in [1.807, 2.05) is 19.9 Å². The molecule has 1 aromatic carbocycles. The molecule has 0 spiro atoms. The minimum Gasteiger partial charge on any atom is -0.489 e. The lowest BCUT2D eigenvalue weighted by molar-refractivity contribution is -0.131. The zero-order valence-electron chi connectivity index (χ0n) is 11.5. The molecule has 1 aliphatic rings. The van der Waals surface area contributed by atoms with Gasteiger partial charge in [-0.3, -0.25) is 0 Å². The van der Waals surface area contributed by atoms with Crippen LogP contribution in [0.1, 0.15) is 31.4 Å². The number of rotatable bonds is 5. The molecule has 102 valence electrons. The largest absolute Gasteiger partial charge is 0.489 e. The van der Waals surface area contributed by atoms with Crippen LogP contribution in [-0.2, 0) is 17.6 Å². The minimum atomic E-state index is -0.916. The maximum Gasteiger partial charge on any atom is 0.328 e. The van der Waals surface area contributed by atoms with Gasteiger partial charge < -0.3 is 9.84 Å². The standard InChI is InChI=1S/C16H20O3/c1-11(2)14(9-16(17)18)10-19-15-7-6-12-4-3-5-13(12)8-15/h6-9,11H,3-5,10H2,1-2H3,(H,17,18)/b14-9-. The summed E-state index contributed by atoms with van der Waals surface area (Å²) < 4.78 is 5.72. The summed E-state index contributed by atoms with van der Waals surface area (Å²) in [5, 5.41) is 8.82. The molecule has 0 atom stereocenters. The fourth-order valence-corrected chi connectivity index (χ4v) is 2.34. The van der Waals surface area contributed by atoms with Crippen molar-refractivity contribution in [1.29, 1.82) is 0 Å². The number of carbonyl (C=O) groups is 1. The van der Waals surface area contributed by atoms with E-state index in [9.17, 15) is 4.79 Å². The number of fused-ring (bicyclic) bond motifs is 1. The Morgan fingerprint density at radius 3 is 2.79 bits per heavy atom. The SMILES string of the molecule is CC(C)/C(=C\C(=O)O)COc1ccc2c(c1)CCC2. The van der Waals surface area contributed by atoms with Crippen molar-refractivity contribution >= 4 is 5.97 Å². The number of hydrogen-bond donors (Lipinski definition) is 1. The molecule has 0 heterocycles. The van der Waals surface area contributed by atoms with Crippen LogP contribution in [0.15, 0.2) is 29.8 Å². The van der Waals surface area contributed by atoms with E-state index in [2.05, 4.69) is 12.1 Å². The monoisotopic (exact) mass is 260 g/mol. The number of aryl methyl sites for hydroxylation is 2. The van der Waals surface area contributed by atoms with E-state index in [0.29, 0.717) is 6.61 Å². The molecule has 0 fully saturated rings. The summed E-state index contributed by atoms with van der Waals surface area (Å²) in [5.74, 6) is 0.0874.